The average Bonchev–Trinajstić information content (AvgIpc) is 2.99. The lowest BCUT2D eigenvalue weighted by molar-refractivity contribution is 0.556. The standard InChI is InChI=1S/C10H17ClN4/c1-2-15-10(13-7-14-15)6-12-5-9(11)8-3-4-8/h7-9,12H,2-6H2,1H3. The Hall–Kier alpha value is -0.610. The van der Waals surface area contributed by atoms with Gasteiger partial charge in [-0.1, -0.05) is 0 Å². The average molecular weight is 229 g/mol. The molecule has 15 heavy (non-hydrogen) atoms. The van der Waals surface area contributed by atoms with E-state index in [1.165, 1.54) is 12.8 Å². The Morgan fingerprint density at radius 1 is 1.67 bits per heavy atom. The van der Waals surface area contributed by atoms with Crippen LogP contribution in [0.3, 0.4) is 0 Å². The van der Waals surface area contributed by atoms with Gasteiger partial charge in [0, 0.05) is 18.5 Å². The minimum absolute atomic E-state index is 0.281. The minimum Gasteiger partial charge on any atom is -0.308 e. The van der Waals surface area contributed by atoms with E-state index in [-0.39, 0.29) is 5.38 Å². The predicted octanol–water partition coefficient (Wildman–Crippen LogP) is 1.40. The van der Waals surface area contributed by atoms with Gasteiger partial charge in [-0.3, -0.25) is 0 Å². The van der Waals surface area contributed by atoms with E-state index in [0.717, 1.165) is 31.4 Å². The van der Waals surface area contributed by atoms with Gasteiger partial charge in [-0.15, -0.1) is 11.6 Å². The second-order valence-electron chi connectivity index (χ2n) is 3.98. The smallest absolute Gasteiger partial charge is 0.140 e. The summed E-state index contributed by atoms with van der Waals surface area (Å²) in [6, 6.07) is 0. The Bertz CT molecular complexity index is 308. The van der Waals surface area contributed by atoms with Crippen LogP contribution in [0.15, 0.2) is 6.33 Å². The molecule has 1 aromatic rings. The highest BCUT2D eigenvalue weighted by atomic mass is 35.5. The van der Waals surface area contributed by atoms with Gasteiger partial charge < -0.3 is 5.32 Å². The molecule has 1 unspecified atom stereocenters. The second kappa shape index (κ2) is 4.94. The van der Waals surface area contributed by atoms with Gasteiger partial charge >= 0.3 is 0 Å². The topological polar surface area (TPSA) is 42.7 Å². The summed E-state index contributed by atoms with van der Waals surface area (Å²) in [5, 5.41) is 7.72. The van der Waals surface area contributed by atoms with E-state index >= 15 is 0 Å². The first-order chi connectivity index (χ1) is 7.31. The van der Waals surface area contributed by atoms with Crippen LogP contribution in [0.1, 0.15) is 25.6 Å². The van der Waals surface area contributed by atoms with Crippen LogP contribution in [-0.4, -0.2) is 26.7 Å². The highest BCUT2D eigenvalue weighted by molar-refractivity contribution is 6.21. The van der Waals surface area contributed by atoms with Crippen LogP contribution in [0, 0.1) is 5.92 Å². The summed E-state index contributed by atoms with van der Waals surface area (Å²) >= 11 is 6.19. The maximum atomic E-state index is 6.19. The summed E-state index contributed by atoms with van der Waals surface area (Å²) < 4.78 is 1.90. The van der Waals surface area contributed by atoms with Crippen LogP contribution in [-0.2, 0) is 13.1 Å². The minimum atomic E-state index is 0.281. The van der Waals surface area contributed by atoms with Crippen molar-refractivity contribution in [1.82, 2.24) is 20.1 Å². The van der Waals surface area contributed by atoms with Crippen molar-refractivity contribution in [3.05, 3.63) is 12.2 Å². The zero-order chi connectivity index (χ0) is 10.7. The molecule has 1 saturated carbocycles. The molecule has 0 aromatic carbocycles. The van der Waals surface area contributed by atoms with Crippen LogP contribution in [0.4, 0.5) is 0 Å². The number of hydrogen-bond acceptors (Lipinski definition) is 3. The lowest BCUT2D eigenvalue weighted by Gasteiger charge is -2.09. The lowest BCUT2D eigenvalue weighted by atomic mass is 10.3. The monoisotopic (exact) mass is 228 g/mol. The Morgan fingerprint density at radius 2 is 2.47 bits per heavy atom. The van der Waals surface area contributed by atoms with Crippen molar-refractivity contribution in [3.63, 3.8) is 0 Å². The molecule has 4 nitrogen and oxygen atoms in total. The van der Waals surface area contributed by atoms with Crippen molar-refractivity contribution >= 4 is 11.6 Å². The maximum Gasteiger partial charge on any atom is 0.140 e. The molecular weight excluding hydrogens is 212 g/mol. The van der Waals surface area contributed by atoms with Crippen LogP contribution in [0.5, 0.6) is 0 Å². The second-order valence-corrected chi connectivity index (χ2v) is 4.54. The van der Waals surface area contributed by atoms with E-state index in [0.29, 0.717) is 0 Å². The van der Waals surface area contributed by atoms with Gasteiger partial charge in [0.2, 0.25) is 0 Å². The number of nitrogens with zero attached hydrogens (tertiary/aromatic N) is 3. The normalized spacial score (nSPS) is 18.0. The Kier molecular flexibility index (Phi) is 3.59. The third kappa shape index (κ3) is 2.92. The molecule has 1 atom stereocenters. The van der Waals surface area contributed by atoms with E-state index < -0.39 is 0 Å². The van der Waals surface area contributed by atoms with Gasteiger partial charge in [0.15, 0.2) is 0 Å². The quantitative estimate of drug-likeness (QED) is 0.749. The number of nitrogens with one attached hydrogen (secondary N) is 1. The summed E-state index contributed by atoms with van der Waals surface area (Å²) in [7, 11) is 0. The van der Waals surface area contributed by atoms with Crippen molar-refractivity contribution in [2.45, 2.75) is 38.2 Å². The third-order valence-corrected chi connectivity index (χ3v) is 3.26. The van der Waals surface area contributed by atoms with Crippen molar-refractivity contribution in [1.29, 1.82) is 0 Å². The zero-order valence-corrected chi connectivity index (χ0v) is 9.74. The van der Waals surface area contributed by atoms with Gasteiger partial charge in [-0.25, -0.2) is 9.67 Å². The molecular formula is C10H17ClN4. The SMILES string of the molecule is CCn1ncnc1CNCC(Cl)C1CC1. The van der Waals surface area contributed by atoms with Crippen molar-refractivity contribution < 1.29 is 0 Å². The Morgan fingerprint density at radius 3 is 3.13 bits per heavy atom. The fourth-order valence-corrected chi connectivity index (χ4v) is 2.00. The van der Waals surface area contributed by atoms with Crippen molar-refractivity contribution in [3.8, 4) is 0 Å². The summed E-state index contributed by atoms with van der Waals surface area (Å²) in [5.74, 6) is 1.72. The molecule has 0 saturated heterocycles. The van der Waals surface area contributed by atoms with Crippen LogP contribution >= 0.6 is 11.6 Å². The predicted molar refractivity (Wildman–Crippen MR) is 59.8 cm³/mol. The molecule has 5 heteroatoms. The van der Waals surface area contributed by atoms with E-state index in [1.807, 2.05) is 4.68 Å². The van der Waals surface area contributed by atoms with Gasteiger partial charge in [-0.2, -0.15) is 5.10 Å². The first-order valence-electron chi connectivity index (χ1n) is 5.52. The molecule has 0 spiro atoms. The van der Waals surface area contributed by atoms with Crippen LogP contribution in [0.2, 0.25) is 0 Å². The summed E-state index contributed by atoms with van der Waals surface area (Å²) in [5.41, 5.74) is 0. The van der Waals surface area contributed by atoms with Crippen LogP contribution in [0.25, 0.3) is 0 Å². The fraction of sp³-hybridized carbons (Fsp3) is 0.800. The molecule has 84 valence electrons. The fourth-order valence-electron chi connectivity index (χ4n) is 1.64. The number of alkyl halides is 1. The molecule has 1 aromatic heterocycles. The van der Waals surface area contributed by atoms with E-state index in [9.17, 15) is 0 Å². The first-order valence-corrected chi connectivity index (χ1v) is 5.96. The molecule has 1 N–H and O–H groups in total. The molecule has 1 fully saturated rings. The zero-order valence-electron chi connectivity index (χ0n) is 8.99. The summed E-state index contributed by atoms with van der Waals surface area (Å²) in [6.45, 7) is 4.54. The highest BCUT2D eigenvalue weighted by Crippen LogP contribution is 2.35. The number of rotatable bonds is 6. The largest absolute Gasteiger partial charge is 0.308 e. The highest BCUT2D eigenvalue weighted by Gasteiger charge is 2.29. The number of aryl methyl sites for hydroxylation is 1. The van der Waals surface area contributed by atoms with E-state index in [2.05, 4.69) is 22.3 Å². The van der Waals surface area contributed by atoms with Gasteiger partial charge in [0.05, 0.1) is 6.54 Å². The van der Waals surface area contributed by atoms with E-state index in [1.54, 1.807) is 6.33 Å². The first kappa shape index (κ1) is 10.9. The van der Waals surface area contributed by atoms with Crippen molar-refractivity contribution in [2.24, 2.45) is 5.92 Å². The molecule has 2 rings (SSSR count). The van der Waals surface area contributed by atoms with Gasteiger partial charge in [0.25, 0.3) is 0 Å². The summed E-state index contributed by atoms with van der Waals surface area (Å²) in [4.78, 5) is 4.19. The number of halogens is 1. The van der Waals surface area contributed by atoms with Gasteiger partial charge in [-0.05, 0) is 25.7 Å². The molecule has 0 radical (unpaired) electrons. The van der Waals surface area contributed by atoms with E-state index in [4.69, 9.17) is 11.6 Å². The summed E-state index contributed by atoms with van der Waals surface area (Å²) in [6.07, 6.45) is 4.18. The molecule has 0 aliphatic heterocycles. The molecule has 0 bridgehead atoms. The molecule has 0 amide bonds. The maximum absolute atomic E-state index is 6.19. The number of hydrogen-bond donors (Lipinski definition) is 1. The molecule has 1 heterocycles. The molecule has 1 aliphatic carbocycles. The third-order valence-electron chi connectivity index (χ3n) is 2.75. The number of aromatic nitrogens is 3. The Labute approximate surface area is 95.0 Å². The van der Waals surface area contributed by atoms with Crippen molar-refractivity contribution in [2.75, 3.05) is 6.54 Å². The Balaban J connectivity index is 1.72. The lowest BCUT2D eigenvalue weighted by Crippen LogP contribution is -2.25. The van der Waals surface area contributed by atoms with Gasteiger partial charge in [0.1, 0.15) is 12.2 Å². The van der Waals surface area contributed by atoms with Crippen LogP contribution < -0.4 is 5.32 Å². The molecule has 1 aliphatic rings.